The molecular formula is C13H13N3O4. The van der Waals surface area contributed by atoms with Gasteiger partial charge in [0.15, 0.2) is 11.5 Å². The van der Waals surface area contributed by atoms with E-state index < -0.39 is 11.4 Å². The van der Waals surface area contributed by atoms with Gasteiger partial charge in [0.1, 0.15) is 5.82 Å². The zero-order chi connectivity index (χ0) is 14.3. The Balaban J connectivity index is 2.31. The molecule has 20 heavy (non-hydrogen) atoms. The van der Waals surface area contributed by atoms with Crippen molar-refractivity contribution in [2.24, 2.45) is 0 Å². The Morgan fingerprint density at radius 3 is 2.60 bits per heavy atom. The highest BCUT2D eigenvalue weighted by Crippen LogP contribution is 2.36. The minimum Gasteiger partial charge on any atom is -0.493 e. The molecule has 0 bridgehead atoms. The Morgan fingerprint density at radius 1 is 1.20 bits per heavy atom. The molecule has 0 amide bonds. The molecule has 1 aliphatic heterocycles. The summed E-state index contributed by atoms with van der Waals surface area (Å²) in [4.78, 5) is 29.3. The average molecular weight is 275 g/mol. The van der Waals surface area contributed by atoms with E-state index in [2.05, 4.69) is 9.97 Å². The van der Waals surface area contributed by atoms with Crippen LogP contribution in [0.3, 0.4) is 0 Å². The summed E-state index contributed by atoms with van der Waals surface area (Å²) in [5.41, 5.74) is 0.599. The van der Waals surface area contributed by atoms with Crippen molar-refractivity contribution >= 4 is 0 Å². The lowest BCUT2D eigenvalue weighted by atomic mass is 9.99. The predicted octanol–water partition coefficient (Wildman–Crippen LogP) is 0.172. The van der Waals surface area contributed by atoms with Crippen molar-refractivity contribution in [2.75, 3.05) is 14.2 Å². The maximum absolute atomic E-state index is 11.8. The van der Waals surface area contributed by atoms with Gasteiger partial charge in [0.05, 0.1) is 14.2 Å². The molecule has 1 N–H and O–H groups in total. The molecule has 7 nitrogen and oxygen atoms in total. The van der Waals surface area contributed by atoms with Crippen molar-refractivity contribution < 1.29 is 9.47 Å². The van der Waals surface area contributed by atoms with Crippen LogP contribution in [-0.4, -0.2) is 28.8 Å². The Hall–Kier alpha value is -2.57. The first-order valence-electron chi connectivity index (χ1n) is 6.10. The summed E-state index contributed by atoms with van der Waals surface area (Å²) in [6.07, 6.45) is 0.663. The van der Waals surface area contributed by atoms with Crippen LogP contribution in [0.5, 0.6) is 11.5 Å². The number of nitrogens with one attached hydrogen (secondary N) is 1. The van der Waals surface area contributed by atoms with Crippen LogP contribution in [0.4, 0.5) is 0 Å². The fraction of sp³-hybridized carbons (Fsp3) is 0.308. The quantitative estimate of drug-likeness (QED) is 0.844. The second-order valence-electron chi connectivity index (χ2n) is 4.44. The number of hydrogen-bond acceptors (Lipinski definition) is 5. The van der Waals surface area contributed by atoms with Gasteiger partial charge >= 0.3 is 11.4 Å². The number of hydrogen-bond donors (Lipinski definition) is 1. The Labute approximate surface area is 113 Å². The first-order chi connectivity index (χ1) is 9.63. The fourth-order valence-corrected chi connectivity index (χ4v) is 2.42. The summed E-state index contributed by atoms with van der Waals surface area (Å²) in [5.74, 6) is 1.52. The molecule has 1 aliphatic rings. The third-order valence-electron chi connectivity index (χ3n) is 3.38. The summed E-state index contributed by atoms with van der Waals surface area (Å²) in [6, 6.07) is 3.59. The van der Waals surface area contributed by atoms with Crippen LogP contribution in [0.15, 0.2) is 21.7 Å². The first kappa shape index (κ1) is 12.5. The van der Waals surface area contributed by atoms with Crippen molar-refractivity contribution in [1.82, 2.24) is 14.5 Å². The van der Waals surface area contributed by atoms with Crippen LogP contribution in [0.25, 0.3) is 11.4 Å². The lowest BCUT2D eigenvalue weighted by molar-refractivity contribution is 0.354. The van der Waals surface area contributed by atoms with Crippen LogP contribution in [0.2, 0.25) is 0 Å². The Bertz CT molecular complexity index is 791. The van der Waals surface area contributed by atoms with Crippen molar-refractivity contribution in [2.45, 2.75) is 13.0 Å². The highest BCUT2D eigenvalue weighted by atomic mass is 16.5. The van der Waals surface area contributed by atoms with E-state index >= 15 is 0 Å². The maximum Gasteiger partial charge on any atom is 0.351 e. The molecule has 0 fully saturated rings. The highest BCUT2D eigenvalue weighted by molar-refractivity contribution is 5.67. The summed E-state index contributed by atoms with van der Waals surface area (Å²) < 4.78 is 12.0. The number of aromatic amines is 1. The molecule has 0 unspecified atom stereocenters. The molecule has 0 saturated heterocycles. The van der Waals surface area contributed by atoms with E-state index in [0.29, 0.717) is 30.3 Å². The molecule has 1 aromatic heterocycles. The molecule has 0 radical (unpaired) electrons. The number of benzene rings is 1. The zero-order valence-electron chi connectivity index (χ0n) is 11.1. The number of H-pyrrole nitrogens is 1. The molecule has 0 atom stereocenters. The van der Waals surface area contributed by atoms with Gasteiger partial charge in [-0.3, -0.25) is 9.55 Å². The average Bonchev–Trinajstić information content (AvgIpc) is 2.45. The summed E-state index contributed by atoms with van der Waals surface area (Å²) in [6.45, 7) is 0.473. The fourth-order valence-electron chi connectivity index (χ4n) is 2.42. The van der Waals surface area contributed by atoms with E-state index in [4.69, 9.17) is 9.47 Å². The van der Waals surface area contributed by atoms with Gasteiger partial charge in [-0.2, -0.15) is 4.98 Å². The maximum atomic E-state index is 11.8. The number of ether oxygens (including phenoxy) is 2. The molecule has 0 aliphatic carbocycles. The molecule has 2 heterocycles. The topological polar surface area (TPSA) is 86.2 Å². The van der Waals surface area contributed by atoms with Gasteiger partial charge in [-0.25, -0.2) is 9.59 Å². The lowest BCUT2D eigenvalue weighted by Crippen LogP contribution is -2.35. The molecule has 104 valence electrons. The number of nitrogens with zero attached hydrogens (tertiary/aromatic N) is 2. The number of aryl methyl sites for hydroxylation is 1. The van der Waals surface area contributed by atoms with Crippen molar-refractivity contribution in [3.8, 4) is 22.9 Å². The predicted molar refractivity (Wildman–Crippen MR) is 71.4 cm³/mol. The summed E-state index contributed by atoms with van der Waals surface area (Å²) in [7, 11) is 3.10. The van der Waals surface area contributed by atoms with Crippen LogP contribution in [0, 0.1) is 0 Å². The van der Waals surface area contributed by atoms with Gasteiger partial charge in [0, 0.05) is 12.1 Å². The monoisotopic (exact) mass is 275 g/mol. The first-order valence-corrected chi connectivity index (χ1v) is 6.10. The third kappa shape index (κ3) is 1.78. The Morgan fingerprint density at radius 2 is 1.90 bits per heavy atom. The highest BCUT2D eigenvalue weighted by Gasteiger charge is 2.21. The molecule has 1 aromatic carbocycles. The number of aromatic nitrogens is 3. The molecule has 3 rings (SSSR count). The number of fused-ring (bicyclic) bond motifs is 3. The minimum absolute atomic E-state index is 0.362. The number of rotatable bonds is 2. The van der Waals surface area contributed by atoms with Crippen molar-refractivity contribution in [3.05, 3.63) is 38.7 Å². The van der Waals surface area contributed by atoms with Gasteiger partial charge < -0.3 is 9.47 Å². The van der Waals surface area contributed by atoms with E-state index in [9.17, 15) is 9.59 Å². The van der Waals surface area contributed by atoms with Gasteiger partial charge in [0.2, 0.25) is 0 Å². The van der Waals surface area contributed by atoms with Crippen LogP contribution >= 0.6 is 0 Å². The van der Waals surface area contributed by atoms with Gasteiger partial charge in [-0.15, -0.1) is 0 Å². The van der Waals surface area contributed by atoms with Gasteiger partial charge in [-0.05, 0) is 24.1 Å². The molecule has 0 saturated carbocycles. The van der Waals surface area contributed by atoms with E-state index in [-0.39, 0.29) is 0 Å². The van der Waals surface area contributed by atoms with Gasteiger partial charge in [0.25, 0.3) is 0 Å². The van der Waals surface area contributed by atoms with Crippen LogP contribution in [-0.2, 0) is 13.0 Å². The second-order valence-corrected chi connectivity index (χ2v) is 4.44. The van der Waals surface area contributed by atoms with Crippen LogP contribution < -0.4 is 20.9 Å². The van der Waals surface area contributed by atoms with E-state index in [0.717, 1.165) is 11.1 Å². The normalized spacial score (nSPS) is 12.5. The smallest absolute Gasteiger partial charge is 0.351 e. The van der Waals surface area contributed by atoms with Crippen molar-refractivity contribution in [3.63, 3.8) is 0 Å². The Kier molecular flexibility index (Phi) is 2.81. The second kappa shape index (κ2) is 4.52. The third-order valence-corrected chi connectivity index (χ3v) is 3.38. The zero-order valence-corrected chi connectivity index (χ0v) is 11.1. The summed E-state index contributed by atoms with van der Waals surface area (Å²) in [5, 5.41) is 0. The van der Waals surface area contributed by atoms with E-state index in [1.165, 1.54) is 11.7 Å². The van der Waals surface area contributed by atoms with Gasteiger partial charge in [-0.1, -0.05) is 0 Å². The molecule has 2 aromatic rings. The van der Waals surface area contributed by atoms with E-state index in [1.54, 1.807) is 13.2 Å². The molecule has 0 spiro atoms. The molecular weight excluding hydrogens is 262 g/mol. The molecule has 7 heteroatoms. The largest absolute Gasteiger partial charge is 0.493 e. The van der Waals surface area contributed by atoms with E-state index in [1.807, 2.05) is 6.07 Å². The lowest BCUT2D eigenvalue weighted by Gasteiger charge is -2.21. The SMILES string of the molecule is COc1cc2c(cc1OC)-c1nc(=O)[nH]c(=O)n1CC2. The number of methoxy groups -OCH3 is 2. The standard InChI is InChI=1S/C13H13N3O4/c1-19-9-5-7-3-4-16-11(8(7)6-10(9)20-2)14-12(17)15-13(16)18/h5-6H,3-4H2,1-2H3,(H,15,17,18). The summed E-state index contributed by atoms with van der Waals surface area (Å²) >= 11 is 0. The van der Waals surface area contributed by atoms with Crippen LogP contribution in [0.1, 0.15) is 5.56 Å². The van der Waals surface area contributed by atoms with Crippen molar-refractivity contribution in [1.29, 1.82) is 0 Å². The minimum atomic E-state index is -0.649.